The minimum Gasteiger partial charge on any atom is -0.378 e. The molecule has 1 fully saturated rings. The summed E-state index contributed by atoms with van der Waals surface area (Å²) in [7, 11) is 0. The molecule has 2 amide bonds. The third-order valence-electron chi connectivity index (χ3n) is 5.11. The molecule has 2 aromatic rings. The Kier molecular flexibility index (Phi) is 5.87. The molecule has 0 saturated carbocycles. The number of rotatable bonds is 3. The van der Waals surface area contributed by atoms with Crippen LogP contribution in [0.3, 0.4) is 0 Å². The lowest BCUT2D eigenvalue weighted by Gasteiger charge is -2.27. The predicted octanol–water partition coefficient (Wildman–Crippen LogP) is 2.32. The largest absolute Gasteiger partial charge is 0.378 e. The molecule has 2 aliphatic rings. The lowest BCUT2D eigenvalue weighted by molar-refractivity contribution is 0.0848. The van der Waals surface area contributed by atoms with Crippen molar-refractivity contribution in [2.75, 3.05) is 31.2 Å². The van der Waals surface area contributed by atoms with Gasteiger partial charge < -0.3 is 9.64 Å². The first-order valence-electron chi connectivity index (χ1n) is 9.72. The number of nitrogens with zero attached hydrogens (tertiary/aromatic N) is 2. The summed E-state index contributed by atoms with van der Waals surface area (Å²) in [6, 6.07) is 5.50. The molecule has 0 radical (unpaired) electrons. The number of morpholine rings is 1. The van der Waals surface area contributed by atoms with E-state index in [1.807, 2.05) is 12.1 Å². The SMILES string of the molecule is O=C(NNC(=O)c1cc2c(s1)CCCCC2)c1ccc(N2CCOCC2)nc1. The molecule has 28 heavy (non-hydrogen) atoms. The van der Waals surface area contributed by atoms with Crippen LogP contribution >= 0.6 is 11.3 Å². The van der Waals surface area contributed by atoms with Gasteiger partial charge in [-0.25, -0.2) is 4.98 Å². The first-order valence-corrected chi connectivity index (χ1v) is 10.5. The minimum absolute atomic E-state index is 0.274. The molecule has 1 aliphatic carbocycles. The number of pyridine rings is 1. The van der Waals surface area contributed by atoms with E-state index in [1.165, 1.54) is 47.2 Å². The topological polar surface area (TPSA) is 83.6 Å². The highest BCUT2D eigenvalue weighted by Gasteiger charge is 2.18. The second-order valence-electron chi connectivity index (χ2n) is 7.03. The first-order chi connectivity index (χ1) is 13.7. The number of hydrazine groups is 1. The minimum atomic E-state index is -0.382. The number of carbonyl (C=O) groups excluding carboxylic acids is 2. The zero-order valence-electron chi connectivity index (χ0n) is 15.7. The number of thiophene rings is 1. The highest BCUT2D eigenvalue weighted by molar-refractivity contribution is 7.14. The van der Waals surface area contributed by atoms with E-state index >= 15 is 0 Å². The Morgan fingerprint density at radius 2 is 1.82 bits per heavy atom. The molecule has 0 spiro atoms. The number of aromatic nitrogens is 1. The van der Waals surface area contributed by atoms with Gasteiger partial charge in [0.05, 0.1) is 23.7 Å². The van der Waals surface area contributed by atoms with Crippen LogP contribution in [-0.2, 0) is 17.6 Å². The Balaban J connectivity index is 1.33. The number of nitrogens with one attached hydrogen (secondary N) is 2. The third-order valence-corrected chi connectivity index (χ3v) is 6.34. The lowest BCUT2D eigenvalue weighted by Crippen LogP contribution is -2.41. The number of hydrogen-bond acceptors (Lipinski definition) is 6. The van der Waals surface area contributed by atoms with Gasteiger partial charge in [-0.3, -0.25) is 20.4 Å². The Hall–Kier alpha value is -2.45. The van der Waals surface area contributed by atoms with Gasteiger partial charge >= 0.3 is 0 Å². The maximum Gasteiger partial charge on any atom is 0.279 e. The van der Waals surface area contributed by atoms with E-state index in [0.717, 1.165) is 31.7 Å². The maximum atomic E-state index is 12.4. The van der Waals surface area contributed by atoms with Crippen LogP contribution in [0, 0.1) is 0 Å². The molecule has 8 heteroatoms. The van der Waals surface area contributed by atoms with Crippen molar-refractivity contribution in [3.63, 3.8) is 0 Å². The molecule has 148 valence electrons. The average Bonchev–Trinajstić information content (AvgIpc) is 3.03. The molecule has 2 N–H and O–H groups in total. The average molecular weight is 401 g/mol. The van der Waals surface area contributed by atoms with Gasteiger partial charge in [0.15, 0.2) is 0 Å². The number of fused-ring (bicyclic) bond motifs is 1. The van der Waals surface area contributed by atoms with Crippen LogP contribution in [0.2, 0.25) is 0 Å². The summed E-state index contributed by atoms with van der Waals surface area (Å²) in [5, 5.41) is 0. The smallest absolute Gasteiger partial charge is 0.279 e. The van der Waals surface area contributed by atoms with Crippen molar-refractivity contribution in [2.45, 2.75) is 32.1 Å². The van der Waals surface area contributed by atoms with Gasteiger partial charge in [-0.1, -0.05) is 6.42 Å². The molecule has 4 rings (SSSR count). The molecule has 0 aromatic carbocycles. The van der Waals surface area contributed by atoms with Gasteiger partial charge in [-0.2, -0.15) is 0 Å². The van der Waals surface area contributed by atoms with Crippen LogP contribution < -0.4 is 15.8 Å². The monoisotopic (exact) mass is 400 g/mol. The summed E-state index contributed by atoms with van der Waals surface area (Å²) in [6.07, 6.45) is 7.21. The highest BCUT2D eigenvalue weighted by atomic mass is 32.1. The third kappa shape index (κ3) is 4.34. The van der Waals surface area contributed by atoms with Crippen molar-refractivity contribution in [1.29, 1.82) is 0 Å². The van der Waals surface area contributed by atoms with E-state index in [2.05, 4.69) is 20.7 Å². The van der Waals surface area contributed by atoms with Crippen molar-refractivity contribution >= 4 is 29.0 Å². The zero-order valence-corrected chi connectivity index (χ0v) is 16.5. The maximum absolute atomic E-state index is 12.4. The molecule has 3 heterocycles. The number of aryl methyl sites for hydroxylation is 2. The number of carbonyl (C=O) groups is 2. The fraction of sp³-hybridized carbons (Fsp3) is 0.450. The number of amides is 2. The molecule has 0 bridgehead atoms. The molecule has 1 aliphatic heterocycles. The van der Waals surface area contributed by atoms with Gasteiger partial charge in [0, 0.05) is 24.2 Å². The molecule has 2 aromatic heterocycles. The quantitative estimate of drug-likeness (QED) is 0.610. The standard InChI is InChI=1S/C20H24N4O3S/c25-19(15-6-7-18(21-13-15)24-8-10-27-11-9-24)22-23-20(26)17-12-14-4-2-1-3-5-16(14)28-17/h6-7,12-13H,1-5,8-11H2,(H,22,25)(H,23,26). The second kappa shape index (κ2) is 8.70. The number of anilines is 1. The molecule has 1 saturated heterocycles. The van der Waals surface area contributed by atoms with Crippen LogP contribution in [0.5, 0.6) is 0 Å². The highest BCUT2D eigenvalue weighted by Crippen LogP contribution is 2.28. The van der Waals surface area contributed by atoms with Crippen LogP contribution in [0.25, 0.3) is 0 Å². The van der Waals surface area contributed by atoms with Crippen LogP contribution in [-0.4, -0.2) is 43.1 Å². The normalized spacial score (nSPS) is 16.8. The summed E-state index contributed by atoms with van der Waals surface area (Å²) in [5.41, 5.74) is 6.68. The van der Waals surface area contributed by atoms with E-state index in [4.69, 9.17) is 4.74 Å². The molecular formula is C20H24N4O3S. The summed E-state index contributed by atoms with van der Waals surface area (Å²) in [6.45, 7) is 2.95. The van der Waals surface area contributed by atoms with Crippen molar-refractivity contribution in [3.8, 4) is 0 Å². The van der Waals surface area contributed by atoms with Gasteiger partial charge in [-0.15, -0.1) is 11.3 Å². The van der Waals surface area contributed by atoms with E-state index in [0.29, 0.717) is 23.7 Å². The van der Waals surface area contributed by atoms with Crippen molar-refractivity contribution < 1.29 is 14.3 Å². The molecule has 7 nitrogen and oxygen atoms in total. The van der Waals surface area contributed by atoms with Crippen molar-refractivity contribution in [3.05, 3.63) is 45.3 Å². The molecular weight excluding hydrogens is 376 g/mol. The number of hydrogen-bond donors (Lipinski definition) is 2. The van der Waals surface area contributed by atoms with E-state index in [-0.39, 0.29) is 11.8 Å². The predicted molar refractivity (Wildman–Crippen MR) is 108 cm³/mol. The zero-order chi connectivity index (χ0) is 19.3. The summed E-state index contributed by atoms with van der Waals surface area (Å²) in [4.78, 5) is 33.1. The Bertz CT molecular complexity index is 820. The Morgan fingerprint density at radius 3 is 2.61 bits per heavy atom. The van der Waals surface area contributed by atoms with Crippen LogP contribution in [0.1, 0.15) is 49.7 Å². The van der Waals surface area contributed by atoms with Crippen LogP contribution in [0.15, 0.2) is 24.4 Å². The summed E-state index contributed by atoms with van der Waals surface area (Å²) in [5.74, 6) is 0.167. The van der Waals surface area contributed by atoms with Gasteiger partial charge in [0.2, 0.25) is 0 Å². The molecule has 0 atom stereocenters. The van der Waals surface area contributed by atoms with Gasteiger partial charge in [0.1, 0.15) is 5.82 Å². The molecule has 0 unspecified atom stereocenters. The summed E-state index contributed by atoms with van der Waals surface area (Å²) < 4.78 is 5.33. The van der Waals surface area contributed by atoms with Crippen LogP contribution in [0.4, 0.5) is 5.82 Å². The van der Waals surface area contributed by atoms with E-state index in [1.54, 1.807) is 6.07 Å². The fourth-order valence-electron chi connectivity index (χ4n) is 3.53. The lowest BCUT2D eigenvalue weighted by atomic mass is 10.1. The van der Waals surface area contributed by atoms with E-state index in [9.17, 15) is 9.59 Å². The number of ether oxygens (including phenoxy) is 1. The van der Waals surface area contributed by atoms with Gasteiger partial charge in [0.25, 0.3) is 11.8 Å². The fourth-order valence-corrected chi connectivity index (χ4v) is 4.68. The van der Waals surface area contributed by atoms with E-state index < -0.39 is 0 Å². The van der Waals surface area contributed by atoms with Crippen molar-refractivity contribution in [2.24, 2.45) is 0 Å². The first kappa shape index (κ1) is 18.9. The van der Waals surface area contributed by atoms with Crippen molar-refractivity contribution in [1.82, 2.24) is 15.8 Å². The Labute approximate surface area is 168 Å². The summed E-state index contributed by atoms with van der Waals surface area (Å²) >= 11 is 1.53. The second-order valence-corrected chi connectivity index (χ2v) is 8.17. The van der Waals surface area contributed by atoms with Gasteiger partial charge in [-0.05, 0) is 49.4 Å². The Morgan fingerprint density at radius 1 is 1.04 bits per heavy atom.